The Hall–Kier alpha value is -3.43. The molecule has 7 nitrogen and oxygen atoms in total. The predicted molar refractivity (Wildman–Crippen MR) is 211 cm³/mol. The van der Waals surface area contributed by atoms with Crippen molar-refractivity contribution in [3.8, 4) is 11.5 Å². The Morgan fingerprint density at radius 2 is 1.06 bits per heavy atom. The van der Waals surface area contributed by atoms with Crippen LogP contribution >= 0.6 is 23.5 Å². The number of hydrogen-bond acceptors (Lipinski definition) is 7. The molecule has 0 aliphatic carbocycles. The molecule has 51 heavy (non-hydrogen) atoms. The minimum atomic E-state index is -1.47. The molecule has 1 atom stereocenters. The van der Waals surface area contributed by atoms with Crippen LogP contribution in [0.3, 0.4) is 0 Å². The van der Waals surface area contributed by atoms with Crippen LogP contribution in [0.2, 0.25) is 0 Å². The van der Waals surface area contributed by atoms with Crippen LogP contribution in [0, 0.1) is 0 Å². The Morgan fingerprint density at radius 1 is 0.667 bits per heavy atom. The van der Waals surface area contributed by atoms with Crippen LogP contribution in [0.25, 0.3) is 0 Å². The molecule has 0 aliphatic rings. The van der Waals surface area contributed by atoms with E-state index >= 15 is 0 Å². The summed E-state index contributed by atoms with van der Waals surface area (Å²) >= 11 is 3.45. The van der Waals surface area contributed by atoms with Gasteiger partial charge in [-0.2, -0.15) is 0 Å². The number of amides is 1. The summed E-state index contributed by atoms with van der Waals surface area (Å²) in [5.74, 6) is -1.89. The van der Waals surface area contributed by atoms with Crippen LogP contribution in [-0.4, -0.2) is 38.2 Å². The van der Waals surface area contributed by atoms with Crippen molar-refractivity contribution < 1.29 is 29.3 Å². The smallest absolute Gasteiger partial charge is 0.326 e. The second-order valence-electron chi connectivity index (χ2n) is 17.7. The second-order valence-corrected chi connectivity index (χ2v) is 21.4. The van der Waals surface area contributed by atoms with Crippen LogP contribution in [0.1, 0.15) is 136 Å². The van der Waals surface area contributed by atoms with Gasteiger partial charge in [0.15, 0.2) is 0 Å². The number of ether oxygens (including phenoxy) is 1. The highest BCUT2D eigenvalue weighted by Crippen LogP contribution is 2.51. The molecular weight excluding hydrogens is 679 g/mol. The van der Waals surface area contributed by atoms with Crippen LogP contribution in [-0.2, 0) is 31.2 Å². The zero-order valence-corrected chi connectivity index (χ0v) is 34.5. The standard InChI is InChI=1S/C42H57NO6S2/c1-38(2,3)28-20-26(21-29(34(28)45)39(4,5)6)50-42(13,14)51-27-22-30(40(7,8)9)35(31(23-27)41(10,11)12)49-33(44)24-32(37(47)48)43-36(46)25-18-16-15-17-19-25/h15-23,32,45H,24H2,1-14H3,(H,43,46)(H,47,48)/t32-/m1/s1. The molecule has 3 aromatic carbocycles. The first kappa shape index (κ1) is 42.0. The molecule has 0 heterocycles. The molecule has 0 bridgehead atoms. The summed E-state index contributed by atoms with van der Waals surface area (Å²) in [4.78, 5) is 40.4. The number of nitrogens with one attached hydrogen (secondary N) is 1. The van der Waals surface area contributed by atoms with Crippen molar-refractivity contribution in [2.75, 3.05) is 0 Å². The summed E-state index contributed by atoms with van der Waals surface area (Å²) in [6, 6.07) is 15.1. The van der Waals surface area contributed by atoms with Gasteiger partial charge < -0.3 is 20.3 Å². The predicted octanol–water partition coefficient (Wildman–Crippen LogP) is 10.4. The number of esters is 1. The first-order valence-corrected chi connectivity index (χ1v) is 19.0. The number of benzene rings is 3. The minimum Gasteiger partial charge on any atom is -0.507 e. The Kier molecular flexibility index (Phi) is 12.6. The van der Waals surface area contributed by atoms with Gasteiger partial charge in [0.05, 0.1) is 10.5 Å². The largest absolute Gasteiger partial charge is 0.507 e. The number of aromatic hydroxyl groups is 1. The second kappa shape index (κ2) is 15.3. The van der Waals surface area contributed by atoms with Gasteiger partial charge in [0.2, 0.25) is 0 Å². The molecule has 278 valence electrons. The van der Waals surface area contributed by atoms with Gasteiger partial charge in [-0.3, -0.25) is 9.59 Å². The van der Waals surface area contributed by atoms with E-state index in [2.05, 4.69) is 127 Å². The fourth-order valence-electron chi connectivity index (χ4n) is 5.64. The van der Waals surface area contributed by atoms with Gasteiger partial charge in [0.25, 0.3) is 5.91 Å². The van der Waals surface area contributed by atoms with Gasteiger partial charge in [-0.25, -0.2) is 4.79 Å². The SMILES string of the molecule is CC(C)(Sc1cc(C(C)(C)C)c(O)c(C(C)(C)C)c1)Sc1cc(C(C)(C)C)c(OC(=O)C[C@@H](NC(=O)c2ccccc2)C(=O)O)c(C(C)(C)C)c1. The fraction of sp³-hybridized carbons (Fsp3) is 0.500. The average molecular weight is 736 g/mol. The monoisotopic (exact) mass is 735 g/mol. The van der Waals surface area contributed by atoms with Crippen molar-refractivity contribution in [2.45, 2.75) is 145 Å². The molecule has 0 saturated carbocycles. The molecule has 0 aromatic heterocycles. The maximum absolute atomic E-state index is 13.5. The Morgan fingerprint density at radius 3 is 1.43 bits per heavy atom. The number of rotatable bonds is 10. The number of carbonyl (C=O) groups excluding carboxylic acids is 2. The van der Waals surface area contributed by atoms with Crippen molar-refractivity contribution in [2.24, 2.45) is 0 Å². The Balaban J connectivity index is 2.01. The summed E-state index contributed by atoms with van der Waals surface area (Å²) < 4.78 is 5.75. The lowest BCUT2D eigenvalue weighted by Crippen LogP contribution is -2.43. The first-order chi connectivity index (χ1) is 23.1. The number of carboxylic acids is 1. The van der Waals surface area contributed by atoms with Gasteiger partial charge in [-0.05, 0) is 71.9 Å². The molecule has 0 fully saturated rings. The third-order valence-corrected chi connectivity index (χ3v) is 10.8. The first-order valence-electron chi connectivity index (χ1n) is 17.3. The van der Waals surface area contributed by atoms with E-state index in [9.17, 15) is 24.6 Å². The third-order valence-electron chi connectivity index (χ3n) is 8.33. The van der Waals surface area contributed by atoms with E-state index in [1.165, 1.54) is 0 Å². The molecule has 0 radical (unpaired) electrons. The van der Waals surface area contributed by atoms with E-state index in [-0.39, 0.29) is 14.9 Å². The highest BCUT2D eigenvalue weighted by atomic mass is 32.2. The third kappa shape index (κ3) is 11.3. The molecule has 3 aromatic rings. The molecule has 3 rings (SSSR count). The van der Waals surface area contributed by atoms with Gasteiger partial charge >= 0.3 is 11.9 Å². The summed E-state index contributed by atoms with van der Waals surface area (Å²) in [5, 5.41) is 23.6. The fourth-order valence-corrected chi connectivity index (χ4v) is 8.22. The van der Waals surface area contributed by atoms with Crippen molar-refractivity contribution in [3.63, 3.8) is 0 Å². The van der Waals surface area contributed by atoms with E-state index in [1.807, 2.05) is 0 Å². The van der Waals surface area contributed by atoms with Gasteiger partial charge in [0.1, 0.15) is 17.5 Å². The molecule has 0 aliphatic heterocycles. The molecular formula is C42H57NO6S2. The number of carbonyl (C=O) groups is 3. The summed E-state index contributed by atoms with van der Waals surface area (Å²) in [7, 11) is 0. The lowest BCUT2D eigenvalue weighted by atomic mass is 9.79. The Bertz CT molecular complexity index is 1680. The summed E-state index contributed by atoms with van der Waals surface area (Å²) in [6.07, 6.45) is -0.541. The lowest BCUT2D eigenvalue weighted by Gasteiger charge is -2.32. The van der Waals surface area contributed by atoms with E-state index in [0.29, 0.717) is 17.1 Å². The zero-order valence-electron chi connectivity index (χ0n) is 32.8. The normalized spacial score (nSPS) is 13.5. The number of aliphatic carboxylic acids is 1. The molecule has 0 saturated heterocycles. The van der Waals surface area contributed by atoms with Crippen molar-refractivity contribution >= 4 is 41.4 Å². The summed E-state index contributed by atoms with van der Waals surface area (Å²) in [5.41, 5.74) is 2.42. The van der Waals surface area contributed by atoms with Crippen molar-refractivity contribution in [1.29, 1.82) is 0 Å². The van der Waals surface area contributed by atoms with E-state index in [1.54, 1.807) is 53.9 Å². The molecule has 3 N–H and O–H groups in total. The summed E-state index contributed by atoms with van der Waals surface area (Å²) in [6.45, 7) is 29.4. The Labute approximate surface area is 313 Å². The highest BCUT2D eigenvalue weighted by molar-refractivity contribution is 8.18. The van der Waals surface area contributed by atoms with Crippen molar-refractivity contribution in [3.05, 3.63) is 82.4 Å². The lowest BCUT2D eigenvalue weighted by molar-refractivity contribution is -0.144. The van der Waals surface area contributed by atoms with Crippen molar-refractivity contribution in [1.82, 2.24) is 5.32 Å². The highest BCUT2D eigenvalue weighted by Gasteiger charge is 2.34. The number of hydrogen-bond donors (Lipinski definition) is 3. The maximum Gasteiger partial charge on any atom is 0.326 e. The topological polar surface area (TPSA) is 113 Å². The number of thioether (sulfide) groups is 2. The van der Waals surface area contributed by atoms with E-state index < -0.39 is 41.1 Å². The van der Waals surface area contributed by atoms with E-state index in [4.69, 9.17) is 4.74 Å². The van der Waals surface area contributed by atoms with Crippen LogP contribution in [0.5, 0.6) is 11.5 Å². The van der Waals surface area contributed by atoms with Crippen LogP contribution in [0.4, 0.5) is 0 Å². The van der Waals surface area contributed by atoms with Crippen LogP contribution in [0.15, 0.2) is 64.4 Å². The van der Waals surface area contributed by atoms with Gasteiger partial charge in [-0.1, -0.05) is 101 Å². The molecule has 0 spiro atoms. The number of phenols is 1. The minimum absolute atomic E-state index is 0.244. The number of carboxylic acid groups (broad SMARTS) is 1. The molecule has 0 unspecified atom stereocenters. The van der Waals surface area contributed by atoms with E-state index in [0.717, 1.165) is 32.0 Å². The molecule has 9 heteroatoms. The van der Waals surface area contributed by atoms with Crippen LogP contribution < -0.4 is 10.1 Å². The zero-order chi connectivity index (χ0) is 38.9. The van der Waals surface area contributed by atoms with Gasteiger partial charge in [0, 0.05) is 37.6 Å². The maximum atomic E-state index is 13.5. The quantitative estimate of drug-likeness (QED) is 0.0816. The average Bonchev–Trinajstić information content (AvgIpc) is 2.95. The number of phenolic OH excluding ortho intramolecular Hbond substituents is 1. The molecule has 1 amide bonds. The van der Waals surface area contributed by atoms with Gasteiger partial charge in [-0.15, -0.1) is 23.5 Å².